The summed E-state index contributed by atoms with van der Waals surface area (Å²) in [5.41, 5.74) is -0.824. The van der Waals surface area contributed by atoms with Crippen molar-refractivity contribution in [3.05, 3.63) is 34.1 Å². The Kier molecular flexibility index (Phi) is 3.71. The highest BCUT2D eigenvalue weighted by atomic mass is 32.2. The van der Waals surface area contributed by atoms with E-state index >= 15 is 0 Å². The molecule has 0 amide bonds. The van der Waals surface area contributed by atoms with Crippen molar-refractivity contribution in [1.82, 2.24) is 15.2 Å². The molecule has 0 fully saturated rings. The first-order valence-corrected chi connectivity index (χ1v) is 6.75. The summed E-state index contributed by atoms with van der Waals surface area (Å²) in [6, 6.07) is 2.10. The number of sulfonamides is 1. The van der Waals surface area contributed by atoms with Gasteiger partial charge in [-0.3, -0.25) is 10.1 Å². The highest BCUT2D eigenvalue weighted by molar-refractivity contribution is 7.92. The molecule has 1 aromatic heterocycles. The van der Waals surface area contributed by atoms with Crippen molar-refractivity contribution in [2.75, 3.05) is 11.8 Å². The molecule has 1 aromatic carbocycles. The third-order valence-electron chi connectivity index (χ3n) is 2.30. The Bertz CT molecular complexity index is 790. The molecular formula is C9H8FN5O5S. The normalized spacial score (nSPS) is 11.1. The predicted molar refractivity (Wildman–Crippen MR) is 66.8 cm³/mol. The number of nitrogens with zero attached hydrogens (tertiary/aromatic N) is 3. The number of ether oxygens (including phenoxy) is 1. The molecule has 0 radical (unpaired) electrons. The summed E-state index contributed by atoms with van der Waals surface area (Å²) in [7, 11) is -2.89. The first-order chi connectivity index (χ1) is 9.83. The molecule has 1 heterocycles. The Hall–Kier alpha value is -2.76. The maximum Gasteiger partial charge on any atom is 0.336 e. The van der Waals surface area contributed by atoms with Gasteiger partial charge < -0.3 is 4.74 Å². The van der Waals surface area contributed by atoms with Crippen LogP contribution >= 0.6 is 0 Å². The van der Waals surface area contributed by atoms with Crippen LogP contribution in [-0.2, 0) is 10.0 Å². The zero-order chi connectivity index (χ0) is 15.6. The van der Waals surface area contributed by atoms with Gasteiger partial charge in [0.15, 0.2) is 0 Å². The largest absolute Gasteiger partial charge is 0.466 e. The van der Waals surface area contributed by atoms with Crippen LogP contribution < -0.4 is 9.46 Å². The Balaban J connectivity index is 2.31. The standard InChI is InChI=1S/C9H8FN5O5S/c1-20-9-11-8(12-13-9)14-21(18,19)5-2-3-7(15(16)17)6(10)4-5/h2-4H,1H3,(H2,11,12,13,14). The number of hydrogen-bond donors (Lipinski definition) is 2. The predicted octanol–water partition coefficient (Wildman–Crippen LogP) is 0.661. The molecule has 0 aliphatic carbocycles. The van der Waals surface area contributed by atoms with Crippen LogP contribution in [0.5, 0.6) is 6.01 Å². The smallest absolute Gasteiger partial charge is 0.336 e. The monoisotopic (exact) mass is 317 g/mol. The zero-order valence-corrected chi connectivity index (χ0v) is 11.2. The number of hydrogen-bond acceptors (Lipinski definition) is 7. The third kappa shape index (κ3) is 3.05. The zero-order valence-electron chi connectivity index (χ0n) is 10.4. The summed E-state index contributed by atoms with van der Waals surface area (Å²) in [5.74, 6) is -1.51. The number of nitro groups is 1. The number of aromatic nitrogens is 3. The van der Waals surface area contributed by atoms with Crippen LogP contribution in [0.4, 0.5) is 16.0 Å². The molecular weight excluding hydrogens is 309 g/mol. The van der Waals surface area contributed by atoms with Gasteiger partial charge in [0.2, 0.25) is 11.8 Å². The minimum Gasteiger partial charge on any atom is -0.466 e. The molecule has 0 bridgehead atoms. The number of methoxy groups -OCH3 is 1. The summed E-state index contributed by atoms with van der Waals surface area (Å²) >= 11 is 0. The van der Waals surface area contributed by atoms with E-state index < -0.39 is 31.3 Å². The van der Waals surface area contributed by atoms with Crippen molar-refractivity contribution in [2.45, 2.75) is 4.90 Å². The number of benzene rings is 1. The van der Waals surface area contributed by atoms with E-state index in [2.05, 4.69) is 19.9 Å². The van der Waals surface area contributed by atoms with Crippen molar-refractivity contribution < 1.29 is 22.5 Å². The molecule has 0 atom stereocenters. The molecule has 0 saturated carbocycles. The fourth-order valence-corrected chi connectivity index (χ4v) is 2.34. The van der Waals surface area contributed by atoms with E-state index in [-0.39, 0.29) is 12.0 Å². The Morgan fingerprint density at radius 3 is 2.71 bits per heavy atom. The van der Waals surface area contributed by atoms with Crippen molar-refractivity contribution in [2.24, 2.45) is 0 Å². The molecule has 2 N–H and O–H groups in total. The van der Waals surface area contributed by atoms with E-state index in [9.17, 15) is 22.9 Å². The van der Waals surface area contributed by atoms with Gasteiger partial charge in [-0.05, 0) is 6.07 Å². The van der Waals surface area contributed by atoms with Gasteiger partial charge >= 0.3 is 11.7 Å². The van der Waals surface area contributed by atoms with Gasteiger partial charge in [0.1, 0.15) is 0 Å². The van der Waals surface area contributed by atoms with Crippen LogP contribution in [0.25, 0.3) is 0 Å². The second kappa shape index (κ2) is 5.32. The molecule has 0 saturated heterocycles. The highest BCUT2D eigenvalue weighted by Crippen LogP contribution is 2.22. The minimum absolute atomic E-state index is 0.0948. The van der Waals surface area contributed by atoms with Gasteiger partial charge in [-0.15, -0.1) is 5.10 Å². The van der Waals surface area contributed by atoms with Gasteiger partial charge in [0.25, 0.3) is 10.0 Å². The average molecular weight is 317 g/mol. The molecule has 2 rings (SSSR count). The number of rotatable bonds is 5. The van der Waals surface area contributed by atoms with Gasteiger partial charge in [-0.25, -0.2) is 18.2 Å². The lowest BCUT2D eigenvalue weighted by atomic mass is 10.3. The number of halogens is 1. The number of nitro benzene ring substituents is 1. The third-order valence-corrected chi connectivity index (χ3v) is 3.64. The van der Waals surface area contributed by atoms with Crippen molar-refractivity contribution in [3.63, 3.8) is 0 Å². The SMILES string of the molecule is COc1n[nH]c(NS(=O)(=O)c2ccc([N+](=O)[O-])c(F)c2)n1. The maximum atomic E-state index is 13.4. The van der Waals surface area contributed by atoms with Crippen LogP contribution in [0.1, 0.15) is 0 Å². The molecule has 0 aliphatic heterocycles. The molecule has 21 heavy (non-hydrogen) atoms. The van der Waals surface area contributed by atoms with Crippen LogP contribution in [0, 0.1) is 15.9 Å². The van der Waals surface area contributed by atoms with E-state index in [1.165, 1.54) is 7.11 Å². The average Bonchev–Trinajstić information content (AvgIpc) is 2.85. The Morgan fingerprint density at radius 2 is 2.19 bits per heavy atom. The molecule has 12 heteroatoms. The van der Waals surface area contributed by atoms with Crippen LogP contribution in [-0.4, -0.2) is 35.6 Å². The molecule has 2 aromatic rings. The lowest BCUT2D eigenvalue weighted by Gasteiger charge is -2.04. The van der Waals surface area contributed by atoms with E-state index in [1.54, 1.807) is 0 Å². The fourth-order valence-electron chi connectivity index (χ4n) is 1.37. The van der Waals surface area contributed by atoms with Gasteiger partial charge in [0, 0.05) is 12.1 Å². The van der Waals surface area contributed by atoms with Crippen molar-refractivity contribution in [3.8, 4) is 6.01 Å². The van der Waals surface area contributed by atoms with Crippen LogP contribution in [0.3, 0.4) is 0 Å². The summed E-state index contributed by atoms with van der Waals surface area (Å²) in [6.07, 6.45) is 0. The second-order valence-electron chi connectivity index (χ2n) is 3.65. The fraction of sp³-hybridized carbons (Fsp3) is 0.111. The highest BCUT2D eigenvalue weighted by Gasteiger charge is 2.21. The summed E-state index contributed by atoms with van der Waals surface area (Å²) in [4.78, 5) is 12.6. The van der Waals surface area contributed by atoms with E-state index in [0.717, 1.165) is 12.1 Å². The first-order valence-electron chi connectivity index (χ1n) is 5.26. The van der Waals surface area contributed by atoms with Gasteiger partial charge in [-0.1, -0.05) is 0 Å². The summed E-state index contributed by atoms with van der Waals surface area (Å²) < 4.78 is 44.0. The molecule has 112 valence electrons. The maximum absolute atomic E-state index is 13.4. The molecule has 0 unspecified atom stereocenters. The second-order valence-corrected chi connectivity index (χ2v) is 5.33. The summed E-state index contributed by atoms with van der Waals surface area (Å²) in [6.45, 7) is 0. The number of nitrogens with one attached hydrogen (secondary N) is 2. The van der Waals surface area contributed by atoms with Crippen LogP contribution in [0.2, 0.25) is 0 Å². The minimum atomic E-state index is -4.18. The Labute approximate surface area is 117 Å². The first kappa shape index (κ1) is 14.6. The van der Waals surface area contributed by atoms with Gasteiger partial charge in [-0.2, -0.15) is 9.37 Å². The molecule has 10 nitrogen and oxygen atoms in total. The van der Waals surface area contributed by atoms with Crippen molar-refractivity contribution >= 4 is 21.7 Å². The lowest BCUT2D eigenvalue weighted by molar-refractivity contribution is -0.387. The Morgan fingerprint density at radius 1 is 1.48 bits per heavy atom. The van der Waals surface area contributed by atoms with Gasteiger partial charge in [0.05, 0.1) is 16.9 Å². The molecule has 0 aliphatic rings. The van der Waals surface area contributed by atoms with Crippen molar-refractivity contribution in [1.29, 1.82) is 0 Å². The number of anilines is 1. The number of H-pyrrole nitrogens is 1. The summed E-state index contributed by atoms with van der Waals surface area (Å²) in [5, 5.41) is 16.2. The lowest BCUT2D eigenvalue weighted by Crippen LogP contribution is -2.14. The topological polar surface area (TPSA) is 140 Å². The number of aromatic amines is 1. The van der Waals surface area contributed by atoms with E-state index in [1.807, 2.05) is 4.72 Å². The van der Waals surface area contributed by atoms with Crippen LogP contribution in [0.15, 0.2) is 23.1 Å². The van der Waals surface area contributed by atoms with E-state index in [0.29, 0.717) is 6.07 Å². The molecule has 0 spiro atoms. The quantitative estimate of drug-likeness (QED) is 0.609. The van der Waals surface area contributed by atoms with E-state index in [4.69, 9.17) is 0 Å².